The van der Waals surface area contributed by atoms with Gasteiger partial charge in [0.2, 0.25) is 0 Å². The lowest BCUT2D eigenvalue weighted by atomic mass is 9.84. The number of piperidine rings is 1. The fourth-order valence-corrected chi connectivity index (χ4v) is 6.38. The molecule has 2 aliphatic rings. The largest absolute Gasteiger partial charge is 0.324 e. The summed E-state index contributed by atoms with van der Waals surface area (Å²) in [5, 5.41) is 9.33. The van der Waals surface area contributed by atoms with Crippen LogP contribution in [0.1, 0.15) is 116 Å². The van der Waals surface area contributed by atoms with Crippen molar-refractivity contribution < 1.29 is 0 Å². The van der Waals surface area contributed by atoms with Crippen molar-refractivity contribution in [1.29, 1.82) is 0 Å². The third-order valence-electron chi connectivity index (χ3n) is 7.63. The van der Waals surface area contributed by atoms with Crippen LogP contribution < -0.4 is 5.73 Å². The molecule has 3 atom stereocenters. The lowest BCUT2D eigenvalue weighted by Gasteiger charge is -2.49. The molecule has 2 aliphatic heterocycles. The monoisotopic (exact) mass is 437 g/mol. The smallest absolute Gasteiger partial charge is 0.138 e. The molecule has 2 bridgehead atoms. The van der Waals surface area contributed by atoms with Crippen molar-refractivity contribution in [2.24, 2.45) is 5.73 Å². The molecule has 4 rings (SSSR count). The molecule has 1 aromatic heterocycles. The Balaban J connectivity index is 1.56. The lowest BCUT2D eigenvalue weighted by Crippen LogP contribution is -2.55. The molecular weight excluding hydrogens is 394 g/mol. The van der Waals surface area contributed by atoms with E-state index in [1.54, 1.807) is 0 Å². The van der Waals surface area contributed by atoms with Crippen LogP contribution in [-0.2, 0) is 5.41 Å². The Labute approximate surface area is 194 Å². The molecule has 0 aliphatic carbocycles. The normalized spacial score (nSPS) is 25.5. The van der Waals surface area contributed by atoms with Gasteiger partial charge in [0, 0.05) is 41.0 Å². The molecule has 2 aromatic rings. The molecule has 5 nitrogen and oxygen atoms in total. The van der Waals surface area contributed by atoms with Crippen LogP contribution in [0.25, 0.3) is 0 Å². The Morgan fingerprint density at radius 2 is 1.53 bits per heavy atom. The van der Waals surface area contributed by atoms with Crippen molar-refractivity contribution in [3.05, 3.63) is 47.5 Å². The van der Waals surface area contributed by atoms with Crippen LogP contribution in [0.3, 0.4) is 0 Å². The summed E-state index contributed by atoms with van der Waals surface area (Å²) in [4.78, 5) is 2.82. The average molecular weight is 438 g/mol. The number of hydrogen-bond donors (Lipinski definition) is 1. The lowest BCUT2D eigenvalue weighted by molar-refractivity contribution is 0.00497. The van der Waals surface area contributed by atoms with Crippen LogP contribution in [0.5, 0.6) is 0 Å². The summed E-state index contributed by atoms with van der Waals surface area (Å²) >= 11 is 0. The van der Waals surface area contributed by atoms with Gasteiger partial charge in [0.15, 0.2) is 0 Å². The summed E-state index contributed by atoms with van der Waals surface area (Å²) < 4.78 is 2.52. The van der Waals surface area contributed by atoms with E-state index >= 15 is 0 Å². The zero-order valence-electron chi connectivity index (χ0n) is 21.2. The van der Waals surface area contributed by atoms with E-state index in [0.29, 0.717) is 24.0 Å². The number of aromatic nitrogens is 3. The van der Waals surface area contributed by atoms with Gasteiger partial charge in [0.1, 0.15) is 11.6 Å². The highest BCUT2D eigenvalue weighted by atomic mass is 15.3. The quantitative estimate of drug-likeness (QED) is 0.626. The van der Waals surface area contributed by atoms with E-state index in [9.17, 15) is 0 Å². The second-order valence-corrected chi connectivity index (χ2v) is 12.1. The standard InChI is InChI=1S/C27H43N5/c1-18(2)24-29-30-25(26(3,4)5)31(24)22-15-20-13-14-21(16-22)32(20)27(6,7)17-23(28)19-11-9-8-10-12-19/h8-12,18,20-23H,13-17,28H2,1-7H3/t20?,21?,22?,23-/m0/s1. The third-order valence-corrected chi connectivity index (χ3v) is 7.63. The van der Waals surface area contributed by atoms with Gasteiger partial charge >= 0.3 is 0 Å². The van der Waals surface area contributed by atoms with Gasteiger partial charge in [-0.05, 0) is 51.5 Å². The van der Waals surface area contributed by atoms with Gasteiger partial charge in [0.25, 0.3) is 0 Å². The Morgan fingerprint density at radius 3 is 2.06 bits per heavy atom. The van der Waals surface area contributed by atoms with Crippen molar-refractivity contribution in [1.82, 2.24) is 19.7 Å². The summed E-state index contributed by atoms with van der Waals surface area (Å²) in [6, 6.07) is 12.3. The van der Waals surface area contributed by atoms with Crippen molar-refractivity contribution in [2.45, 2.75) is 122 Å². The number of nitrogens with two attached hydrogens (primary N) is 1. The molecule has 0 amide bonds. The molecule has 2 unspecified atom stereocenters. The maximum atomic E-state index is 6.68. The van der Waals surface area contributed by atoms with Gasteiger partial charge in [-0.15, -0.1) is 10.2 Å². The summed E-state index contributed by atoms with van der Waals surface area (Å²) in [5.74, 6) is 2.68. The predicted molar refractivity (Wildman–Crippen MR) is 132 cm³/mol. The number of nitrogens with zero attached hydrogens (tertiary/aromatic N) is 4. The fourth-order valence-electron chi connectivity index (χ4n) is 6.38. The molecule has 0 radical (unpaired) electrons. The highest BCUT2D eigenvalue weighted by molar-refractivity contribution is 5.20. The molecular formula is C27H43N5. The van der Waals surface area contributed by atoms with Crippen LogP contribution in [0.4, 0.5) is 0 Å². The Bertz CT molecular complexity index is 894. The van der Waals surface area contributed by atoms with Crippen LogP contribution in [0.2, 0.25) is 0 Å². The number of fused-ring (bicyclic) bond motifs is 2. The molecule has 32 heavy (non-hydrogen) atoms. The van der Waals surface area contributed by atoms with Crippen LogP contribution >= 0.6 is 0 Å². The minimum absolute atomic E-state index is 0.00194. The minimum atomic E-state index is -0.00194. The van der Waals surface area contributed by atoms with Crippen LogP contribution in [0, 0.1) is 0 Å². The first kappa shape index (κ1) is 23.4. The van der Waals surface area contributed by atoms with Crippen molar-refractivity contribution in [3.63, 3.8) is 0 Å². The number of rotatable bonds is 6. The van der Waals surface area contributed by atoms with Gasteiger partial charge in [0.05, 0.1) is 0 Å². The first-order valence-electron chi connectivity index (χ1n) is 12.5. The van der Waals surface area contributed by atoms with E-state index in [1.807, 2.05) is 0 Å². The van der Waals surface area contributed by atoms with Crippen LogP contribution in [0.15, 0.2) is 30.3 Å². The van der Waals surface area contributed by atoms with E-state index in [0.717, 1.165) is 18.1 Å². The fraction of sp³-hybridized carbons (Fsp3) is 0.704. The van der Waals surface area contributed by atoms with Crippen molar-refractivity contribution >= 4 is 0 Å². The zero-order chi connectivity index (χ0) is 23.3. The molecule has 2 N–H and O–H groups in total. The molecule has 2 saturated heterocycles. The molecule has 176 valence electrons. The maximum absolute atomic E-state index is 6.68. The molecule has 5 heteroatoms. The van der Waals surface area contributed by atoms with E-state index in [2.05, 4.69) is 98.5 Å². The maximum Gasteiger partial charge on any atom is 0.138 e. The molecule has 2 fully saturated rings. The molecule has 0 saturated carbocycles. The number of benzene rings is 1. The van der Waals surface area contributed by atoms with Gasteiger partial charge in [-0.3, -0.25) is 4.90 Å². The third kappa shape index (κ3) is 4.38. The Kier molecular flexibility index (Phi) is 6.28. The molecule has 0 spiro atoms. The Morgan fingerprint density at radius 1 is 0.938 bits per heavy atom. The van der Waals surface area contributed by atoms with Gasteiger partial charge in [-0.25, -0.2) is 0 Å². The van der Waals surface area contributed by atoms with Gasteiger partial charge in [-0.2, -0.15) is 0 Å². The van der Waals surface area contributed by atoms with Gasteiger partial charge in [-0.1, -0.05) is 65.0 Å². The van der Waals surface area contributed by atoms with Crippen molar-refractivity contribution in [2.75, 3.05) is 0 Å². The van der Waals surface area contributed by atoms with E-state index in [-0.39, 0.29) is 17.0 Å². The number of hydrogen-bond acceptors (Lipinski definition) is 4. The first-order chi connectivity index (χ1) is 15.0. The minimum Gasteiger partial charge on any atom is -0.324 e. The molecule has 3 heterocycles. The van der Waals surface area contributed by atoms with Gasteiger partial charge < -0.3 is 10.3 Å². The zero-order valence-corrected chi connectivity index (χ0v) is 21.2. The first-order valence-corrected chi connectivity index (χ1v) is 12.5. The topological polar surface area (TPSA) is 60.0 Å². The highest BCUT2D eigenvalue weighted by Crippen LogP contribution is 2.47. The molecule has 1 aromatic carbocycles. The summed E-state index contributed by atoms with van der Waals surface area (Å²) in [6.45, 7) is 16.1. The van der Waals surface area contributed by atoms with E-state index < -0.39 is 0 Å². The highest BCUT2D eigenvalue weighted by Gasteiger charge is 2.48. The summed E-state index contributed by atoms with van der Waals surface area (Å²) in [7, 11) is 0. The van der Waals surface area contributed by atoms with E-state index in [4.69, 9.17) is 5.73 Å². The second kappa shape index (κ2) is 8.57. The van der Waals surface area contributed by atoms with Crippen molar-refractivity contribution in [3.8, 4) is 0 Å². The summed E-state index contributed by atoms with van der Waals surface area (Å²) in [6.07, 6.45) is 5.92. The average Bonchev–Trinajstić information content (AvgIpc) is 3.28. The predicted octanol–water partition coefficient (Wildman–Crippen LogP) is 5.74. The van der Waals surface area contributed by atoms with E-state index in [1.165, 1.54) is 31.2 Å². The Hall–Kier alpha value is -1.72. The SMILES string of the molecule is CC(C)c1nnc(C(C)(C)C)n1C1CC2CCC(C1)N2C(C)(C)C[C@H](N)c1ccccc1. The summed E-state index contributed by atoms with van der Waals surface area (Å²) in [5.41, 5.74) is 7.99. The van der Waals surface area contributed by atoms with Crippen LogP contribution in [-0.4, -0.2) is 37.3 Å². The second-order valence-electron chi connectivity index (χ2n) is 12.1.